The monoisotopic (exact) mass is 367 g/mol. The van der Waals surface area contributed by atoms with Gasteiger partial charge in [-0.05, 0) is 18.2 Å². The first-order chi connectivity index (χ1) is 10.7. The zero-order chi connectivity index (χ0) is 15.4. The molecular formula is C15H14ClN3S3. The minimum Gasteiger partial charge on any atom is -0.329 e. The molecule has 0 atom stereocenters. The topological polar surface area (TPSA) is 30.7 Å². The van der Waals surface area contributed by atoms with Crippen LogP contribution in [0.15, 0.2) is 52.2 Å². The van der Waals surface area contributed by atoms with Gasteiger partial charge in [0.2, 0.25) is 0 Å². The summed E-state index contributed by atoms with van der Waals surface area (Å²) in [7, 11) is 2.01. The van der Waals surface area contributed by atoms with E-state index in [1.165, 1.54) is 0 Å². The van der Waals surface area contributed by atoms with Gasteiger partial charge in [-0.3, -0.25) is 0 Å². The van der Waals surface area contributed by atoms with Gasteiger partial charge >= 0.3 is 0 Å². The molecule has 0 N–H and O–H groups in total. The SMILES string of the molecule is Cn1ccnc1SC/C=C/CSc1nc2ccc(Cl)cc2s1. The standard InChI is InChI=1S/C15H14ClN3S3/c1-19-7-6-17-14(19)20-8-2-3-9-21-15-18-12-5-4-11(16)10-13(12)22-15/h2-7,10H,8-9H2,1H3/b3-2+. The lowest BCUT2D eigenvalue weighted by molar-refractivity contribution is 0.791. The Bertz CT molecular complexity index is 794. The number of halogens is 1. The van der Waals surface area contributed by atoms with Crippen molar-refractivity contribution in [3.05, 3.63) is 47.8 Å². The third-order valence-electron chi connectivity index (χ3n) is 2.89. The van der Waals surface area contributed by atoms with Crippen LogP contribution in [0, 0.1) is 0 Å². The van der Waals surface area contributed by atoms with Gasteiger partial charge in [-0.25, -0.2) is 9.97 Å². The summed E-state index contributed by atoms with van der Waals surface area (Å²) in [5.41, 5.74) is 1.02. The number of hydrogen-bond donors (Lipinski definition) is 0. The summed E-state index contributed by atoms with van der Waals surface area (Å²) in [6.07, 6.45) is 8.14. The summed E-state index contributed by atoms with van der Waals surface area (Å²) in [6.45, 7) is 0. The summed E-state index contributed by atoms with van der Waals surface area (Å²) in [5.74, 6) is 1.86. The van der Waals surface area contributed by atoms with Gasteiger partial charge in [-0.2, -0.15) is 0 Å². The van der Waals surface area contributed by atoms with Gasteiger partial charge in [-0.15, -0.1) is 11.3 Å². The van der Waals surface area contributed by atoms with Crippen molar-refractivity contribution in [1.29, 1.82) is 0 Å². The number of thioether (sulfide) groups is 2. The molecule has 0 aliphatic heterocycles. The molecule has 3 aromatic rings. The van der Waals surface area contributed by atoms with Crippen molar-refractivity contribution in [2.45, 2.75) is 9.50 Å². The van der Waals surface area contributed by atoms with Crippen molar-refractivity contribution < 1.29 is 0 Å². The summed E-state index contributed by atoms with van der Waals surface area (Å²) >= 11 is 11.2. The predicted octanol–water partition coefficient (Wildman–Crippen LogP) is 5.12. The van der Waals surface area contributed by atoms with Gasteiger partial charge < -0.3 is 4.57 Å². The molecule has 0 fully saturated rings. The van der Waals surface area contributed by atoms with Crippen molar-refractivity contribution in [2.24, 2.45) is 7.05 Å². The molecule has 1 aromatic carbocycles. The maximum atomic E-state index is 5.99. The number of hydrogen-bond acceptors (Lipinski definition) is 5. The number of benzene rings is 1. The van der Waals surface area contributed by atoms with E-state index in [0.29, 0.717) is 0 Å². The van der Waals surface area contributed by atoms with Gasteiger partial charge in [0.05, 0.1) is 10.2 Å². The molecule has 0 saturated heterocycles. The van der Waals surface area contributed by atoms with Crippen LogP contribution in [-0.4, -0.2) is 26.0 Å². The van der Waals surface area contributed by atoms with Crippen LogP contribution in [0.2, 0.25) is 5.02 Å². The van der Waals surface area contributed by atoms with Gasteiger partial charge in [0, 0.05) is 36.0 Å². The summed E-state index contributed by atoms with van der Waals surface area (Å²) in [4.78, 5) is 8.87. The van der Waals surface area contributed by atoms with Crippen LogP contribution in [0.4, 0.5) is 0 Å². The number of aromatic nitrogens is 3. The fraction of sp³-hybridized carbons (Fsp3) is 0.200. The molecule has 2 heterocycles. The van der Waals surface area contributed by atoms with E-state index in [9.17, 15) is 0 Å². The van der Waals surface area contributed by atoms with E-state index in [2.05, 4.69) is 22.1 Å². The summed E-state index contributed by atoms with van der Waals surface area (Å²) < 4.78 is 4.25. The van der Waals surface area contributed by atoms with Crippen LogP contribution in [0.25, 0.3) is 10.2 Å². The number of imidazole rings is 1. The van der Waals surface area contributed by atoms with Crippen molar-refractivity contribution in [1.82, 2.24) is 14.5 Å². The molecule has 3 nitrogen and oxygen atoms in total. The first-order valence-corrected chi connectivity index (χ1v) is 9.83. The Labute approximate surface area is 146 Å². The van der Waals surface area contributed by atoms with E-state index in [0.717, 1.165) is 36.2 Å². The highest BCUT2D eigenvalue weighted by molar-refractivity contribution is 8.01. The molecule has 0 radical (unpaired) electrons. The molecule has 114 valence electrons. The van der Waals surface area contributed by atoms with Gasteiger partial charge in [0.25, 0.3) is 0 Å². The molecule has 0 unspecified atom stereocenters. The molecule has 3 rings (SSSR count). The van der Waals surface area contributed by atoms with Crippen molar-refractivity contribution >= 4 is 56.7 Å². The Morgan fingerprint density at radius 3 is 2.86 bits per heavy atom. The molecule has 0 aliphatic rings. The molecule has 0 aliphatic carbocycles. The number of thiazole rings is 1. The van der Waals surface area contributed by atoms with Crippen LogP contribution in [0.1, 0.15) is 0 Å². The molecule has 2 aromatic heterocycles. The number of aryl methyl sites for hydroxylation is 1. The summed E-state index contributed by atoms with van der Waals surface area (Å²) in [5, 5.41) is 1.80. The predicted molar refractivity (Wildman–Crippen MR) is 98.4 cm³/mol. The van der Waals surface area contributed by atoms with Gasteiger partial charge in [0.15, 0.2) is 9.50 Å². The van der Waals surface area contributed by atoms with Crippen LogP contribution in [0.3, 0.4) is 0 Å². The lowest BCUT2D eigenvalue weighted by atomic mass is 10.3. The second kappa shape index (κ2) is 7.55. The van der Waals surface area contributed by atoms with E-state index < -0.39 is 0 Å². The Balaban J connectivity index is 1.47. The largest absolute Gasteiger partial charge is 0.329 e. The fourth-order valence-corrected chi connectivity index (χ4v) is 4.81. The highest BCUT2D eigenvalue weighted by atomic mass is 35.5. The number of fused-ring (bicyclic) bond motifs is 1. The van der Waals surface area contributed by atoms with Crippen LogP contribution in [-0.2, 0) is 7.05 Å². The third kappa shape index (κ3) is 4.07. The molecule has 0 saturated carbocycles. The van der Waals surface area contributed by atoms with E-state index in [-0.39, 0.29) is 0 Å². The average Bonchev–Trinajstić information content (AvgIpc) is 3.08. The minimum atomic E-state index is 0.763. The fourth-order valence-electron chi connectivity index (χ4n) is 1.81. The number of nitrogens with zero attached hydrogens (tertiary/aromatic N) is 3. The van der Waals surface area contributed by atoms with E-state index in [1.54, 1.807) is 34.9 Å². The van der Waals surface area contributed by atoms with Gasteiger partial charge in [0.1, 0.15) is 0 Å². The van der Waals surface area contributed by atoms with Crippen LogP contribution in [0.5, 0.6) is 0 Å². The Kier molecular flexibility index (Phi) is 5.46. The van der Waals surface area contributed by atoms with E-state index >= 15 is 0 Å². The maximum absolute atomic E-state index is 5.99. The quantitative estimate of drug-likeness (QED) is 0.446. The van der Waals surface area contributed by atoms with Gasteiger partial charge in [-0.1, -0.05) is 47.3 Å². The smallest absolute Gasteiger partial charge is 0.167 e. The zero-order valence-electron chi connectivity index (χ0n) is 11.9. The Hall–Kier alpha value is -0.950. The van der Waals surface area contributed by atoms with E-state index in [4.69, 9.17) is 11.6 Å². The highest BCUT2D eigenvalue weighted by Crippen LogP contribution is 2.31. The average molecular weight is 368 g/mol. The van der Waals surface area contributed by atoms with Crippen LogP contribution >= 0.6 is 46.5 Å². The minimum absolute atomic E-state index is 0.763. The maximum Gasteiger partial charge on any atom is 0.167 e. The second-order valence-corrected chi connectivity index (χ2v) is 8.23. The normalized spacial score (nSPS) is 11.7. The first-order valence-electron chi connectivity index (χ1n) is 6.66. The second-order valence-electron chi connectivity index (χ2n) is 4.51. The molecule has 0 bridgehead atoms. The molecular weight excluding hydrogens is 354 g/mol. The molecule has 22 heavy (non-hydrogen) atoms. The zero-order valence-corrected chi connectivity index (χ0v) is 15.1. The number of rotatable bonds is 6. The molecule has 7 heteroatoms. The first kappa shape index (κ1) is 15.9. The third-order valence-corrected chi connectivity index (χ3v) is 6.25. The molecule has 0 amide bonds. The summed E-state index contributed by atoms with van der Waals surface area (Å²) in [6, 6.07) is 5.82. The lowest BCUT2D eigenvalue weighted by Gasteiger charge is -1.97. The van der Waals surface area contributed by atoms with Crippen molar-refractivity contribution in [3.8, 4) is 0 Å². The Morgan fingerprint density at radius 1 is 1.27 bits per heavy atom. The van der Waals surface area contributed by atoms with Crippen molar-refractivity contribution in [2.75, 3.05) is 11.5 Å². The molecule has 0 spiro atoms. The van der Waals surface area contributed by atoms with E-state index in [1.807, 2.05) is 42.2 Å². The van der Waals surface area contributed by atoms with Crippen LogP contribution < -0.4 is 0 Å². The Morgan fingerprint density at radius 2 is 2.09 bits per heavy atom. The lowest BCUT2D eigenvalue weighted by Crippen LogP contribution is -1.88. The van der Waals surface area contributed by atoms with Crippen molar-refractivity contribution in [3.63, 3.8) is 0 Å². The highest BCUT2D eigenvalue weighted by Gasteiger charge is 2.04.